The van der Waals surface area contributed by atoms with E-state index in [-0.39, 0.29) is 24.0 Å². The average Bonchev–Trinajstić information content (AvgIpc) is 2.12. The SMILES string of the molecule is COC[C@H]1CN(C(=O)CC(C)(C)O)CC(C)(C)O1. The van der Waals surface area contributed by atoms with Crippen LogP contribution in [0.1, 0.15) is 34.1 Å². The van der Waals surface area contributed by atoms with E-state index in [1.807, 2.05) is 13.8 Å². The van der Waals surface area contributed by atoms with Gasteiger partial charge in [-0.05, 0) is 27.7 Å². The molecule has 1 N–H and O–H groups in total. The van der Waals surface area contributed by atoms with Crippen LogP contribution in [0.4, 0.5) is 0 Å². The summed E-state index contributed by atoms with van der Waals surface area (Å²) in [6.07, 6.45) is 0.0208. The Labute approximate surface area is 109 Å². The summed E-state index contributed by atoms with van der Waals surface area (Å²) in [6, 6.07) is 0. The van der Waals surface area contributed by atoms with Crippen molar-refractivity contribution >= 4 is 5.91 Å². The lowest BCUT2D eigenvalue weighted by atomic mass is 10.0. The highest BCUT2D eigenvalue weighted by atomic mass is 16.5. The molecule has 0 radical (unpaired) electrons. The minimum atomic E-state index is -0.976. The fraction of sp³-hybridized carbons (Fsp3) is 0.923. The molecule has 0 aromatic heterocycles. The lowest BCUT2D eigenvalue weighted by Crippen LogP contribution is -2.56. The second-order valence-electron chi connectivity index (χ2n) is 6.22. The first kappa shape index (κ1) is 15.4. The molecule has 0 unspecified atom stereocenters. The van der Waals surface area contributed by atoms with Gasteiger partial charge in [0, 0.05) is 20.2 Å². The van der Waals surface area contributed by atoms with Crippen molar-refractivity contribution in [1.29, 1.82) is 0 Å². The molecular formula is C13H25NO4. The molecule has 1 aliphatic heterocycles. The number of hydrogen-bond donors (Lipinski definition) is 1. The molecule has 1 amide bonds. The van der Waals surface area contributed by atoms with Gasteiger partial charge in [-0.2, -0.15) is 0 Å². The van der Waals surface area contributed by atoms with Gasteiger partial charge in [0.25, 0.3) is 0 Å². The van der Waals surface area contributed by atoms with Crippen LogP contribution in [0.15, 0.2) is 0 Å². The molecule has 1 aliphatic rings. The maximum Gasteiger partial charge on any atom is 0.225 e. The van der Waals surface area contributed by atoms with Crippen molar-refractivity contribution in [1.82, 2.24) is 4.90 Å². The van der Waals surface area contributed by atoms with Gasteiger partial charge in [-0.25, -0.2) is 0 Å². The van der Waals surface area contributed by atoms with Crippen molar-refractivity contribution in [3.05, 3.63) is 0 Å². The molecule has 0 bridgehead atoms. The third kappa shape index (κ3) is 4.92. The van der Waals surface area contributed by atoms with Crippen LogP contribution in [0.3, 0.4) is 0 Å². The molecule has 1 atom stereocenters. The summed E-state index contributed by atoms with van der Waals surface area (Å²) in [5.74, 6) is -0.0417. The zero-order valence-corrected chi connectivity index (χ0v) is 12.0. The van der Waals surface area contributed by atoms with E-state index in [0.717, 1.165) is 0 Å². The molecular weight excluding hydrogens is 234 g/mol. The number of hydrogen-bond acceptors (Lipinski definition) is 4. The summed E-state index contributed by atoms with van der Waals surface area (Å²) in [7, 11) is 1.62. The molecule has 106 valence electrons. The van der Waals surface area contributed by atoms with Crippen molar-refractivity contribution in [2.75, 3.05) is 26.8 Å². The number of morpholine rings is 1. The van der Waals surface area contributed by atoms with Gasteiger partial charge >= 0.3 is 0 Å². The van der Waals surface area contributed by atoms with Crippen molar-refractivity contribution in [3.8, 4) is 0 Å². The van der Waals surface area contributed by atoms with Crippen LogP contribution in [0.5, 0.6) is 0 Å². The minimum Gasteiger partial charge on any atom is -0.390 e. The van der Waals surface area contributed by atoms with E-state index in [2.05, 4.69) is 0 Å². The molecule has 1 saturated heterocycles. The Bertz CT molecular complexity index is 296. The van der Waals surface area contributed by atoms with Gasteiger partial charge in [0.1, 0.15) is 0 Å². The van der Waals surface area contributed by atoms with Gasteiger partial charge in [-0.15, -0.1) is 0 Å². The van der Waals surface area contributed by atoms with Crippen LogP contribution < -0.4 is 0 Å². The van der Waals surface area contributed by atoms with E-state index in [9.17, 15) is 9.90 Å². The van der Waals surface area contributed by atoms with Crippen LogP contribution >= 0.6 is 0 Å². The van der Waals surface area contributed by atoms with Crippen LogP contribution in [0.2, 0.25) is 0 Å². The molecule has 18 heavy (non-hydrogen) atoms. The first-order valence-corrected chi connectivity index (χ1v) is 6.30. The predicted octanol–water partition coefficient (Wildman–Crippen LogP) is 0.800. The zero-order valence-electron chi connectivity index (χ0n) is 12.0. The molecule has 1 fully saturated rings. The molecule has 0 saturated carbocycles. The summed E-state index contributed by atoms with van der Waals surface area (Å²) in [5, 5.41) is 9.71. The summed E-state index contributed by atoms with van der Waals surface area (Å²) in [5.41, 5.74) is -1.35. The van der Waals surface area contributed by atoms with E-state index in [1.165, 1.54) is 0 Å². The highest BCUT2D eigenvalue weighted by molar-refractivity contribution is 5.77. The standard InChI is InChI=1S/C13H25NO4/c1-12(2,16)6-11(15)14-7-10(8-17-5)18-13(3,4)9-14/h10,16H,6-9H2,1-5H3/t10-/m1/s1. The zero-order chi connectivity index (χ0) is 14.0. The van der Waals surface area contributed by atoms with Crippen molar-refractivity contribution in [3.63, 3.8) is 0 Å². The first-order chi connectivity index (χ1) is 8.13. The highest BCUT2D eigenvalue weighted by Crippen LogP contribution is 2.23. The molecule has 0 aliphatic carbocycles. The van der Waals surface area contributed by atoms with E-state index >= 15 is 0 Å². The number of methoxy groups -OCH3 is 1. The number of ether oxygens (including phenoxy) is 2. The van der Waals surface area contributed by atoms with Crippen LogP contribution in [-0.4, -0.2) is 60.0 Å². The lowest BCUT2D eigenvalue weighted by Gasteiger charge is -2.43. The Morgan fingerprint density at radius 3 is 2.67 bits per heavy atom. The fourth-order valence-corrected chi connectivity index (χ4v) is 2.24. The lowest BCUT2D eigenvalue weighted by molar-refractivity contribution is -0.171. The second kappa shape index (κ2) is 5.55. The van der Waals surface area contributed by atoms with Gasteiger partial charge in [0.15, 0.2) is 0 Å². The predicted molar refractivity (Wildman–Crippen MR) is 68.3 cm³/mol. The highest BCUT2D eigenvalue weighted by Gasteiger charge is 2.36. The Balaban J connectivity index is 2.67. The second-order valence-corrected chi connectivity index (χ2v) is 6.22. The van der Waals surface area contributed by atoms with Gasteiger partial charge in [-0.1, -0.05) is 0 Å². The molecule has 5 heteroatoms. The van der Waals surface area contributed by atoms with Gasteiger partial charge in [-0.3, -0.25) is 4.79 Å². The summed E-state index contributed by atoms with van der Waals surface area (Å²) in [4.78, 5) is 13.9. The summed E-state index contributed by atoms with van der Waals surface area (Å²) in [6.45, 7) is 8.73. The number of nitrogens with zero attached hydrogens (tertiary/aromatic N) is 1. The topological polar surface area (TPSA) is 59.0 Å². The monoisotopic (exact) mass is 259 g/mol. The van der Waals surface area contributed by atoms with Crippen LogP contribution in [0.25, 0.3) is 0 Å². The quantitative estimate of drug-likeness (QED) is 0.811. The molecule has 1 heterocycles. The van der Waals surface area contributed by atoms with Crippen LogP contribution in [0, 0.1) is 0 Å². The first-order valence-electron chi connectivity index (χ1n) is 6.30. The molecule has 1 rings (SSSR count). The third-order valence-corrected chi connectivity index (χ3v) is 2.77. The number of aliphatic hydroxyl groups is 1. The average molecular weight is 259 g/mol. The number of carbonyl (C=O) groups excluding carboxylic acids is 1. The Morgan fingerprint density at radius 1 is 1.56 bits per heavy atom. The van der Waals surface area contributed by atoms with Crippen molar-refractivity contribution in [2.24, 2.45) is 0 Å². The Morgan fingerprint density at radius 2 is 2.17 bits per heavy atom. The largest absolute Gasteiger partial charge is 0.390 e. The molecule has 5 nitrogen and oxygen atoms in total. The number of carbonyl (C=O) groups is 1. The van der Waals surface area contributed by atoms with Gasteiger partial charge in [0.2, 0.25) is 5.91 Å². The van der Waals surface area contributed by atoms with E-state index in [0.29, 0.717) is 19.7 Å². The van der Waals surface area contributed by atoms with Crippen LogP contribution in [-0.2, 0) is 14.3 Å². The summed E-state index contributed by atoms with van der Waals surface area (Å²) >= 11 is 0. The molecule has 0 aromatic rings. The van der Waals surface area contributed by atoms with Crippen molar-refractivity contribution < 1.29 is 19.4 Å². The third-order valence-electron chi connectivity index (χ3n) is 2.77. The van der Waals surface area contributed by atoms with Gasteiger partial charge in [0.05, 0.1) is 30.3 Å². The Kier molecular flexibility index (Phi) is 4.75. The summed E-state index contributed by atoms with van der Waals surface area (Å²) < 4.78 is 10.9. The molecule has 0 aromatic carbocycles. The maximum absolute atomic E-state index is 12.1. The maximum atomic E-state index is 12.1. The number of amides is 1. The van der Waals surface area contributed by atoms with E-state index < -0.39 is 5.60 Å². The van der Waals surface area contributed by atoms with Gasteiger partial charge < -0.3 is 19.5 Å². The fourth-order valence-electron chi connectivity index (χ4n) is 2.24. The Hall–Kier alpha value is -0.650. The van der Waals surface area contributed by atoms with E-state index in [4.69, 9.17) is 9.47 Å². The number of rotatable bonds is 4. The smallest absolute Gasteiger partial charge is 0.225 e. The van der Waals surface area contributed by atoms with E-state index in [1.54, 1.807) is 25.9 Å². The molecule has 0 spiro atoms. The van der Waals surface area contributed by atoms with Crippen molar-refractivity contribution in [2.45, 2.75) is 51.4 Å². The minimum absolute atomic E-state index is 0.0417. The normalized spacial score (nSPS) is 24.1.